The average molecular weight is 565 g/mol. The average Bonchev–Trinajstić information content (AvgIpc) is 3.25. The van der Waals surface area contributed by atoms with Gasteiger partial charge in [-0.25, -0.2) is 22.0 Å². The molecule has 1 unspecified atom stereocenters. The molecule has 2 aromatic carbocycles. The fraction of sp³-hybridized carbons (Fsp3) is 0.516. The second-order valence-electron chi connectivity index (χ2n) is 11.3. The zero-order valence-corrected chi connectivity index (χ0v) is 23.1. The van der Waals surface area contributed by atoms with Gasteiger partial charge in [-0.15, -0.1) is 0 Å². The standard InChI is InChI=1S/C31H37F5N2O2/c1-30(2,34)19-38-14-12-23-22-10-6-7-11-26(22)37-28(23)29(38)27-24(32)17-21(18-25(27)33)9-5-3-4-8-13-31(35,36)20-40-16-15-39/h6-7,10-11,15,17-18,29,37H,3-5,8-9,12-14,16,19-20H2,1-2H3. The molecule has 0 bridgehead atoms. The van der Waals surface area contributed by atoms with E-state index in [-0.39, 0.29) is 31.6 Å². The van der Waals surface area contributed by atoms with Crippen molar-refractivity contribution >= 4 is 17.2 Å². The molecular weight excluding hydrogens is 527 g/mol. The highest BCUT2D eigenvalue weighted by molar-refractivity contribution is 5.85. The number of nitrogens with zero attached hydrogens (tertiary/aromatic N) is 1. The van der Waals surface area contributed by atoms with E-state index in [1.807, 2.05) is 24.3 Å². The summed E-state index contributed by atoms with van der Waals surface area (Å²) in [5, 5.41) is 1.00. The number of carbonyl (C=O) groups is 1. The van der Waals surface area contributed by atoms with E-state index >= 15 is 8.78 Å². The minimum atomic E-state index is -2.99. The van der Waals surface area contributed by atoms with Gasteiger partial charge in [-0.2, -0.15) is 0 Å². The number of aromatic nitrogens is 1. The molecule has 1 atom stereocenters. The summed E-state index contributed by atoms with van der Waals surface area (Å²) >= 11 is 0. The van der Waals surface area contributed by atoms with E-state index in [9.17, 15) is 18.0 Å². The van der Waals surface area contributed by atoms with Crippen LogP contribution in [0.3, 0.4) is 0 Å². The summed E-state index contributed by atoms with van der Waals surface area (Å²) in [6, 6.07) is 9.61. The second-order valence-corrected chi connectivity index (χ2v) is 11.3. The number of carbonyl (C=O) groups excluding carboxylic acids is 1. The molecule has 40 heavy (non-hydrogen) atoms. The summed E-state index contributed by atoms with van der Waals surface area (Å²) in [6.07, 6.45) is 3.22. The lowest BCUT2D eigenvalue weighted by molar-refractivity contribution is -0.118. The van der Waals surface area contributed by atoms with Crippen molar-refractivity contribution in [3.05, 3.63) is 70.4 Å². The summed E-state index contributed by atoms with van der Waals surface area (Å²) in [7, 11) is 0. The summed E-state index contributed by atoms with van der Waals surface area (Å²) in [5.74, 6) is -4.34. The van der Waals surface area contributed by atoms with Gasteiger partial charge in [0, 0.05) is 41.7 Å². The van der Waals surface area contributed by atoms with Crippen LogP contribution in [0.15, 0.2) is 36.4 Å². The Kier molecular flexibility index (Phi) is 9.67. The Bertz CT molecular complexity index is 1280. The van der Waals surface area contributed by atoms with E-state index in [1.54, 1.807) is 4.90 Å². The van der Waals surface area contributed by atoms with Crippen LogP contribution in [-0.4, -0.2) is 54.1 Å². The monoisotopic (exact) mass is 564 g/mol. The number of H-pyrrole nitrogens is 1. The number of para-hydroxylation sites is 1. The SMILES string of the molecule is CC(C)(F)CN1CCc2c([nH]c3ccccc23)C1c1c(F)cc(CCCCCCC(F)(F)COCC=O)cc1F. The van der Waals surface area contributed by atoms with Crippen LogP contribution in [0.25, 0.3) is 10.9 Å². The first-order chi connectivity index (χ1) is 19.0. The minimum absolute atomic E-state index is 0.0232. The first-order valence-corrected chi connectivity index (χ1v) is 13.9. The molecule has 1 aliphatic rings. The number of aromatic amines is 1. The Balaban J connectivity index is 1.45. The van der Waals surface area contributed by atoms with Crippen LogP contribution in [-0.2, 0) is 22.4 Å². The molecule has 2 heterocycles. The Hall–Kier alpha value is -2.78. The quantitative estimate of drug-likeness (QED) is 0.125. The van der Waals surface area contributed by atoms with Crippen LogP contribution in [0.5, 0.6) is 0 Å². The molecule has 0 aliphatic carbocycles. The summed E-state index contributed by atoms with van der Waals surface area (Å²) < 4.78 is 78.1. The van der Waals surface area contributed by atoms with Gasteiger partial charge in [-0.1, -0.05) is 31.0 Å². The molecule has 1 aliphatic heterocycles. The van der Waals surface area contributed by atoms with Crippen LogP contribution < -0.4 is 0 Å². The highest BCUT2D eigenvalue weighted by Crippen LogP contribution is 2.41. The molecule has 0 saturated heterocycles. The molecular formula is C31H37F5N2O2. The van der Waals surface area contributed by atoms with Crippen molar-refractivity contribution in [3.8, 4) is 0 Å². The molecule has 218 valence electrons. The van der Waals surface area contributed by atoms with Crippen LogP contribution in [0.1, 0.15) is 74.4 Å². The van der Waals surface area contributed by atoms with Gasteiger partial charge in [0.05, 0.1) is 6.04 Å². The molecule has 4 rings (SSSR count). The molecule has 0 radical (unpaired) electrons. The van der Waals surface area contributed by atoms with E-state index in [1.165, 1.54) is 26.0 Å². The van der Waals surface area contributed by atoms with E-state index in [0.717, 1.165) is 16.5 Å². The summed E-state index contributed by atoms with van der Waals surface area (Å²) in [5.41, 5.74) is 1.41. The van der Waals surface area contributed by atoms with E-state index in [2.05, 4.69) is 9.72 Å². The number of aryl methyl sites for hydroxylation is 1. The third-order valence-electron chi connectivity index (χ3n) is 7.38. The number of aldehydes is 1. The zero-order valence-electron chi connectivity index (χ0n) is 23.1. The van der Waals surface area contributed by atoms with Crippen molar-refractivity contribution in [1.29, 1.82) is 0 Å². The third-order valence-corrected chi connectivity index (χ3v) is 7.38. The molecule has 9 heteroatoms. The molecule has 3 aromatic rings. The number of benzene rings is 2. The molecule has 1 N–H and O–H groups in total. The molecule has 1 aromatic heterocycles. The fourth-order valence-corrected chi connectivity index (χ4v) is 5.71. The topological polar surface area (TPSA) is 45.3 Å². The Morgan fingerprint density at radius 3 is 2.45 bits per heavy atom. The lowest BCUT2D eigenvalue weighted by Crippen LogP contribution is -2.43. The predicted molar refractivity (Wildman–Crippen MR) is 146 cm³/mol. The van der Waals surface area contributed by atoms with Gasteiger partial charge >= 0.3 is 0 Å². The number of hydrogen-bond donors (Lipinski definition) is 1. The van der Waals surface area contributed by atoms with Gasteiger partial charge in [0.25, 0.3) is 5.92 Å². The van der Waals surface area contributed by atoms with Gasteiger partial charge in [-0.05, 0) is 68.9 Å². The number of hydrogen-bond acceptors (Lipinski definition) is 3. The van der Waals surface area contributed by atoms with Crippen molar-refractivity contribution in [2.24, 2.45) is 0 Å². The van der Waals surface area contributed by atoms with Gasteiger partial charge in [0.1, 0.15) is 36.8 Å². The van der Waals surface area contributed by atoms with Crippen molar-refractivity contribution < 1.29 is 31.5 Å². The highest BCUT2D eigenvalue weighted by atomic mass is 19.3. The molecule has 0 fully saturated rings. The van der Waals surface area contributed by atoms with Gasteiger partial charge in [-0.3, -0.25) is 4.90 Å². The van der Waals surface area contributed by atoms with E-state index < -0.39 is 35.9 Å². The number of halogens is 5. The molecule has 4 nitrogen and oxygen atoms in total. The van der Waals surface area contributed by atoms with E-state index in [0.29, 0.717) is 56.2 Å². The largest absolute Gasteiger partial charge is 0.368 e. The lowest BCUT2D eigenvalue weighted by Gasteiger charge is -2.38. The maximum Gasteiger partial charge on any atom is 0.271 e. The number of rotatable bonds is 14. The Morgan fingerprint density at radius 2 is 1.75 bits per heavy atom. The Morgan fingerprint density at radius 1 is 1.05 bits per heavy atom. The lowest BCUT2D eigenvalue weighted by atomic mass is 9.89. The third kappa shape index (κ3) is 7.49. The number of ether oxygens (including phenoxy) is 1. The van der Waals surface area contributed by atoms with Gasteiger partial charge < -0.3 is 14.5 Å². The second kappa shape index (κ2) is 12.8. The fourth-order valence-electron chi connectivity index (χ4n) is 5.71. The number of nitrogens with one attached hydrogen (secondary N) is 1. The normalized spacial score (nSPS) is 16.4. The van der Waals surface area contributed by atoms with Crippen LogP contribution in [0, 0.1) is 11.6 Å². The number of unbranched alkanes of at least 4 members (excludes halogenated alkanes) is 3. The summed E-state index contributed by atoms with van der Waals surface area (Å²) in [6.45, 7) is 2.28. The number of alkyl halides is 3. The van der Waals surface area contributed by atoms with Crippen molar-refractivity contribution in [2.45, 2.75) is 76.4 Å². The first kappa shape index (κ1) is 30.2. The minimum Gasteiger partial charge on any atom is -0.368 e. The zero-order chi connectivity index (χ0) is 28.9. The first-order valence-electron chi connectivity index (χ1n) is 13.9. The molecule has 0 spiro atoms. The summed E-state index contributed by atoms with van der Waals surface area (Å²) in [4.78, 5) is 15.4. The van der Waals surface area contributed by atoms with Crippen LogP contribution >= 0.6 is 0 Å². The van der Waals surface area contributed by atoms with E-state index in [4.69, 9.17) is 0 Å². The highest BCUT2D eigenvalue weighted by Gasteiger charge is 2.37. The van der Waals surface area contributed by atoms with Crippen LogP contribution in [0.4, 0.5) is 22.0 Å². The molecule has 0 amide bonds. The maximum absolute atomic E-state index is 15.6. The van der Waals surface area contributed by atoms with Crippen LogP contribution in [0.2, 0.25) is 0 Å². The van der Waals surface area contributed by atoms with Crippen molar-refractivity contribution in [2.75, 3.05) is 26.3 Å². The number of fused-ring (bicyclic) bond motifs is 3. The van der Waals surface area contributed by atoms with Gasteiger partial charge in [0.2, 0.25) is 0 Å². The van der Waals surface area contributed by atoms with Crippen molar-refractivity contribution in [3.63, 3.8) is 0 Å². The smallest absolute Gasteiger partial charge is 0.271 e. The van der Waals surface area contributed by atoms with Crippen molar-refractivity contribution in [1.82, 2.24) is 9.88 Å². The molecule has 0 saturated carbocycles. The maximum atomic E-state index is 15.6. The Labute approximate surface area is 231 Å². The van der Waals surface area contributed by atoms with Gasteiger partial charge in [0.15, 0.2) is 0 Å². The predicted octanol–water partition coefficient (Wildman–Crippen LogP) is 7.49.